The van der Waals surface area contributed by atoms with E-state index < -0.39 is 11.9 Å². The number of rotatable bonds is 3. The average molecular weight is 278 g/mol. The summed E-state index contributed by atoms with van der Waals surface area (Å²) in [5, 5.41) is 9.67. The number of methoxy groups -OCH3 is 1. The van der Waals surface area contributed by atoms with E-state index >= 15 is 0 Å². The summed E-state index contributed by atoms with van der Waals surface area (Å²) >= 11 is 3.08. The predicted octanol–water partition coefficient (Wildman–Crippen LogP) is 1.90. The van der Waals surface area contributed by atoms with Crippen molar-refractivity contribution in [2.75, 3.05) is 13.7 Å². The Kier molecular flexibility index (Phi) is 4.07. The summed E-state index contributed by atoms with van der Waals surface area (Å²) in [6.07, 6.45) is -0.941. The van der Waals surface area contributed by atoms with Gasteiger partial charge >= 0.3 is 0 Å². The summed E-state index contributed by atoms with van der Waals surface area (Å²) in [7, 11) is 1.47. The second-order valence-corrected chi connectivity index (χ2v) is 3.98. The lowest BCUT2D eigenvalue weighted by Crippen LogP contribution is -2.14. The van der Waals surface area contributed by atoms with Crippen molar-refractivity contribution in [3.8, 4) is 5.75 Å². The van der Waals surface area contributed by atoms with E-state index in [9.17, 15) is 9.50 Å². The number of ether oxygens (including phenoxy) is 1. The number of benzene rings is 1. The molecule has 0 radical (unpaired) electrons. The minimum absolute atomic E-state index is 0.0118. The Bertz CT molecular complexity index is 371. The first-order chi connectivity index (χ1) is 7.02. The van der Waals surface area contributed by atoms with Crippen LogP contribution < -0.4 is 10.5 Å². The van der Waals surface area contributed by atoms with Crippen LogP contribution in [-0.2, 0) is 0 Å². The fraction of sp³-hybridized carbons (Fsp3) is 0.400. The van der Waals surface area contributed by atoms with Crippen LogP contribution in [0.1, 0.15) is 17.2 Å². The van der Waals surface area contributed by atoms with Gasteiger partial charge in [-0.2, -0.15) is 0 Å². The van der Waals surface area contributed by atoms with Crippen LogP contribution in [0.4, 0.5) is 4.39 Å². The van der Waals surface area contributed by atoms with Crippen molar-refractivity contribution in [1.82, 2.24) is 0 Å². The second-order valence-electron chi connectivity index (χ2n) is 3.19. The summed E-state index contributed by atoms with van der Waals surface area (Å²) in [5.74, 6) is 0.0250. The van der Waals surface area contributed by atoms with Crippen LogP contribution in [0, 0.1) is 12.7 Å². The molecule has 0 heterocycles. The highest BCUT2D eigenvalue weighted by atomic mass is 79.9. The Morgan fingerprint density at radius 3 is 2.73 bits per heavy atom. The van der Waals surface area contributed by atoms with E-state index in [0.29, 0.717) is 16.9 Å². The third kappa shape index (κ3) is 2.30. The maximum atomic E-state index is 13.4. The molecule has 5 heteroatoms. The molecule has 1 aromatic carbocycles. The SMILES string of the molecule is COc1c(C)cc(F)c(Br)c1C(O)CN. The number of hydrogen-bond acceptors (Lipinski definition) is 3. The summed E-state index contributed by atoms with van der Waals surface area (Å²) in [4.78, 5) is 0. The third-order valence-electron chi connectivity index (χ3n) is 2.15. The van der Waals surface area contributed by atoms with Crippen LogP contribution in [0.25, 0.3) is 0 Å². The monoisotopic (exact) mass is 277 g/mol. The standard InChI is InChI=1S/C10H13BrFNO2/c1-5-3-6(12)9(11)8(7(14)4-13)10(5)15-2/h3,7,14H,4,13H2,1-2H3. The van der Waals surface area contributed by atoms with Gasteiger partial charge in [0.05, 0.1) is 17.7 Å². The molecule has 0 aliphatic rings. The normalized spacial score (nSPS) is 12.7. The Balaban J connectivity index is 3.43. The summed E-state index contributed by atoms with van der Waals surface area (Å²) in [5.41, 5.74) is 6.33. The molecule has 0 amide bonds. The van der Waals surface area contributed by atoms with Crippen LogP contribution in [0.5, 0.6) is 5.75 Å². The van der Waals surface area contributed by atoms with E-state index in [-0.39, 0.29) is 11.0 Å². The molecule has 0 aliphatic carbocycles. The number of aliphatic hydroxyl groups excluding tert-OH is 1. The van der Waals surface area contributed by atoms with Crippen molar-refractivity contribution in [2.24, 2.45) is 5.73 Å². The van der Waals surface area contributed by atoms with Gasteiger partial charge in [0.1, 0.15) is 11.6 Å². The van der Waals surface area contributed by atoms with E-state index in [1.807, 2.05) is 0 Å². The molecule has 0 saturated heterocycles. The van der Waals surface area contributed by atoms with E-state index in [1.54, 1.807) is 6.92 Å². The maximum Gasteiger partial charge on any atom is 0.138 e. The van der Waals surface area contributed by atoms with Crippen LogP contribution in [0.15, 0.2) is 10.5 Å². The topological polar surface area (TPSA) is 55.5 Å². The number of halogens is 2. The Hall–Kier alpha value is -0.650. The van der Waals surface area contributed by atoms with Gasteiger partial charge in [0.25, 0.3) is 0 Å². The van der Waals surface area contributed by atoms with Crippen LogP contribution >= 0.6 is 15.9 Å². The Morgan fingerprint density at radius 1 is 1.67 bits per heavy atom. The fourth-order valence-electron chi connectivity index (χ4n) is 1.45. The third-order valence-corrected chi connectivity index (χ3v) is 2.96. The number of aryl methyl sites for hydroxylation is 1. The molecule has 1 rings (SSSR count). The molecule has 1 aromatic rings. The number of hydrogen-bond donors (Lipinski definition) is 2. The van der Waals surface area contributed by atoms with Gasteiger partial charge in [-0.05, 0) is 34.5 Å². The fourth-order valence-corrected chi connectivity index (χ4v) is 2.00. The first kappa shape index (κ1) is 12.4. The molecule has 0 aliphatic heterocycles. The average Bonchev–Trinajstić information content (AvgIpc) is 2.21. The minimum Gasteiger partial charge on any atom is -0.496 e. The van der Waals surface area contributed by atoms with Crippen molar-refractivity contribution < 1.29 is 14.2 Å². The summed E-state index contributed by atoms with van der Waals surface area (Å²) in [6.45, 7) is 1.72. The van der Waals surface area contributed by atoms with Gasteiger partial charge in [-0.25, -0.2) is 4.39 Å². The zero-order valence-electron chi connectivity index (χ0n) is 8.55. The summed E-state index contributed by atoms with van der Waals surface area (Å²) < 4.78 is 18.7. The van der Waals surface area contributed by atoms with Gasteiger partial charge in [0.15, 0.2) is 0 Å². The predicted molar refractivity (Wildman–Crippen MR) is 59.4 cm³/mol. The van der Waals surface area contributed by atoms with Gasteiger partial charge < -0.3 is 15.6 Å². The molecule has 84 valence electrons. The molecular weight excluding hydrogens is 265 g/mol. The van der Waals surface area contributed by atoms with Gasteiger partial charge in [0.2, 0.25) is 0 Å². The van der Waals surface area contributed by atoms with Gasteiger partial charge in [-0.1, -0.05) is 0 Å². The molecule has 1 atom stereocenters. The quantitative estimate of drug-likeness (QED) is 0.887. The first-order valence-corrected chi connectivity index (χ1v) is 5.22. The van der Waals surface area contributed by atoms with Crippen LogP contribution in [0.2, 0.25) is 0 Å². The lowest BCUT2D eigenvalue weighted by Gasteiger charge is -2.17. The maximum absolute atomic E-state index is 13.4. The molecule has 1 unspecified atom stereocenters. The highest BCUT2D eigenvalue weighted by Crippen LogP contribution is 2.36. The van der Waals surface area contributed by atoms with Crippen molar-refractivity contribution in [2.45, 2.75) is 13.0 Å². The van der Waals surface area contributed by atoms with Gasteiger partial charge in [0, 0.05) is 12.1 Å². The Morgan fingerprint density at radius 2 is 2.27 bits per heavy atom. The summed E-state index contributed by atoms with van der Waals surface area (Å²) in [6, 6.07) is 1.34. The van der Waals surface area contributed by atoms with E-state index in [1.165, 1.54) is 13.2 Å². The molecule has 0 aromatic heterocycles. The van der Waals surface area contributed by atoms with E-state index in [4.69, 9.17) is 10.5 Å². The van der Waals surface area contributed by atoms with Crippen molar-refractivity contribution in [3.05, 3.63) is 27.5 Å². The largest absolute Gasteiger partial charge is 0.496 e. The zero-order chi connectivity index (χ0) is 11.6. The molecule has 0 spiro atoms. The highest BCUT2D eigenvalue weighted by Gasteiger charge is 2.20. The van der Waals surface area contributed by atoms with Crippen LogP contribution in [0.3, 0.4) is 0 Å². The van der Waals surface area contributed by atoms with Gasteiger partial charge in [-0.15, -0.1) is 0 Å². The van der Waals surface area contributed by atoms with Crippen molar-refractivity contribution in [3.63, 3.8) is 0 Å². The molecule has 0 fully saturated rings. The van der Waals surface area contributed by atoms with E-state index in [2.05, 4.69) is 15.9 Å². The lowest BCUT2D eigenvalue weighted by atomic mass is 10.0. The smallest absolute Gasteiger partial charge is 0.138 e. The minimum atomic E-state index is -0.941. The van der Waals surface area contributed by atoms with Crippen molar-refractivity contribution >= 4 is 15.9 Å². The first-order valence-electron chi connectivity index (χ1n) is 4.43. The molecule has 0 saturated carbocycles. The van der Waals surface area contributed by atoms with Gasteiger partial charge in [-0.3, -0.25) is 0 Å². The van der Waals surface area contributed by atoms with Crippen LogP contribution in [-0.4, -0.2) is 18.8 Å². The molecular formula is C10H13BrFNO2. The van der Waals surface area contributed by atoms with Crippen molar-refractivity contribution in [1.29, 1.82) is 0 Å². The highest BCUT2D eigenvalue weighted by molar-refractivity contribution is 9.10. The zero-order valence-corrected chi connectivity index (χ0v) is 10.1. The number of aliphatic hydroxyl groups is 1. The van der Waals surface area contributed by atoms with E-state index in [0.717, 1.165) is 0 Å². The second kappa shape index (κ2) is 4.92. The lowest BCUT2D eigenvalue weighted by molar-refractivity contribution is 0.180. The Labute approximate surface area is 96.2 Å². The molecule has 3 nitrogen and oxygen atoms in total. The molecule has 3 N–H and O–H groups in total. The molecule has 15 heavy (non-hydrogen) atoms. The number of nitrogens with two attached hydrogens (primary N) is 1. The molecule has 0 bridgehead atoms.